The molecule has 0 saturated carbocycles. The molecular weight excluding hydrogens is 306 g/mol. The van der Waals surface area contributed by atoms with Crippen LogP contribution in [0.5, 0.6) is 0 Å². The predicted molar refractivity (Wildman–Crippen MR) is 96.0 cm³/mol. The number of rotatable bonds is 5. The maximum atomic E-state index is 12.5. The quantitative estimate of drug-likeness (QED) is 0.722. The number of carbonyl (C=O) groups is 1. The van der Waals surface area contributed by atoms with Gasteiger partial charge in [-0.1, -0.05) is 31.2 Å². The zero-order chi connectivity index (χ0) is 16.2. The molecule has 5 heteroatoms. The number of hydrogen-bond acceptors (Lipinski definition) is 3. The molecule has 0 atom stereocenters. The van der Waals surface area contributed by atoms with Gasteiger partial charge in [-0.3, -0.25) is 4.79 Å². The summed E-state index contributed by atoms with van der Waals surface area (Å²) in [7, 11) is 0. The molecule has 0 aliphatic heterocycles. The summed E-state index contributed by atoms with van der Waals surface area (Å²) in [4.78, 5) is 18.2. The maximum absolute atomic E-state index is 12.5. The number of para-hydroxylation sites is 3. The Morgan fingerprint density at radius 2 is 1.91 bits per heavy atom. The van der Waals surface area contributed by atoms with Crippen LogP contribution >= 0.6 is 11.8 Å². The van der Waals surface area contributed by atoms with Crippen molar-refractivity contribution in [2.45, 2.75) is 24.8 Å². The van der Waals surface area contributed by atoms with Crippen molar-refractivity contribution in [3.05, 3.63) is 54.4 Å². The highest BCUT2D eigenvalue weighted by Crippen LogP contribution is 2.25. The Morgan fingerprint density at radius 1 is 1.17 bits per heavy atom. The van der Waals surface area contributed by atoms with Crippen LogP contribution in [0.2, 0.25) is 0 Å². The van der Waals surface area contributed by atoms with Crippen molar-refractivity contribution in [1.82, 2.24) is 9.55 Å². The zero-order valence-electron chi connectivity index (χ0n) is 13.2. The summed E-state index contributed by atoms with van der Waals surface area (Å²) in [6.45, 7) is 2.32. The van der Waals surface area contributed by atoms with E-state index >= 15 is 0 Å². The number of nitrogens with zero attached hydrogens (tertiary/aromatic N) is 2. The summed E-state index contributed by atoms with van der Waals surface area (Å²) in [5.41, 5.74) is 2.78. The fourth-order valence-corrected chi connectivity index (χ4v) is 3.21. The average molecular weight is 325 g/mol. The third-order valence-electron chi connectivity index (χ3n) is 3.73. The molecule has 3 aromatic rings. The zero-order valence-corrected chi connectivity index (χ0v) is 14.1. The fraction of sp³-hybridized carbons (Fsp3) is 0.222. The van der Waals surface area contributed by atoms with E-state index in [1.807, 2.05) is 59.4 Å². The third-order valence-corrected chi connectivity index (χ3v) is 4.53. The van der Waals surface area contributed by atoms with Crippen LogP contribution in [-0.2, 0) is 17.8 Å². The number of carbonyl (C=O) groups excluding carboxylic acids is 1. The highest BCUT2D eigenvalue weighted by molar-refractivity contribution is 7.98. The van der Waals surface area contributed by atoms with Gasteiger partial charge in [-0.15, -0.1) is 11.8 Å². The minimum Gasteiger partial charge on any atom is -0.324 e. The molecule has 0 radical (unpaired) electrons. The van der Waals surface area contributed by atoms with E-state index in [1.165, 1.54) is 0 Å². The van der Waals surface area contributed by atoms with E-state index < -0.39 is 0 Å². The molecule has 1 amide bonds. The van der Waals surface area contributed by atoms with E-state index in [4.69, 9.17) is 0 Å². The number of anilines is 1. The van der Waals surface area contributed by atoms with Crippen LogP contribution in [0.3, 0.4) is 0 Å². The molecule has 0 bridgehead atoms. The monoisotopic (exact) mass is 325 g/mol. The molecule has 1 N–H and O–H groups in total. The Morgan fingerprint density at radius 3 is 2.70 bits per heavy atom. The standard InChI is InChI=1S/C18H19N3OS/c1-3-17-19-13-8-4-6-10-15(13)21(17)12-18(22)20-14-9-5-7-11-16(14)23-2/h4-11H,3,12H2,1-2H3,(H,20,22). The van der Waals surface area contributed by atoms with E-state index in [1.54, 1.807) is 11.8 Å². The largest absolute Gasteiger partial charge is 0.324 e. The van der Waals surface area contributed by atoms with Crippen molar-refractivity contribution < 1.29 is 4.79 Å². The summed E-state index contributed by atoms with van der Waals surface area (Å²) < 4.78 is 1.99. The Kier molecular flexibility index (Phi) is 4.67. The van der Waals surface area contributed by atoms with Crippen molar-refractivity contribution in [2.75, 3.05) is 11.6 Å². The number of amides is 1. The van der Waals surface area contributed by atoms with Gasteiger partial charge in [-0.2, -0.15) is 0 Å². The van der Waals surface area contributed by atoms with Gasteiger partial charge >= 0.3 is 0 Å². The lowest BCUT2D eigenvalue weighted by atomic mass is 10.3. The van der Waals surface area contributed by atoms with Crippen LogP contribution in [0.15, 0.2) is 53.4 Å². The Labute approximate surface area is 139 Å². The number of hydrogen-bond donors (Lipinski definition) is 1. The molecule has 0 saturated heterocycles. The lowest BCUT2D eigenvalue weighted by molar-refractivity contribution is -0.116. The molecule has 0 aliphatic rings. The molecule has 118 valence electrons. The first-order valence-electron chi connectivity index (χ1n) is 7.60. The number of benzene rings is 2. The van der Waals surface area contributed by atoms with Crippen LogP contribution < -0.4 is 5.32 Å². The second-order valence-corrected chi connectivity index (χ2v) is 6.05. The van der Waals surface area contributed by atoms with Gasteiger partial charge in [-0.25, -0.2) is 4.98 Å². The molecule has 23 heavy (non-hydrogen) atoms. The second kappa shape index (κ2) is 6.87. The summed E-state index contributed by atoms with van der Waals surface area (Å²) in [6, 6.07) is 15.8. The minimum atomic E-state index is -0.0376. The van der Waals surface area contributed by atoms with Crippen LogP contribution in [0, 0.1) is 0 Å². The molecule has 0 unspecified atom stereocenters. The minimum absolute atomic E-state index is 0.0376. The van der Waals surface area contributed by atoms with Crippen molar-refractivity contribution in [3.8, 4) is 0 Å². The molecular formula is C18H19N3OS. The van der Waals surface area contributed by atoms with Crippen LogP contribution in [-0.4, -0.2) is 21.7 Å². The normalized spacial score (nSPS) is 10.9. The number of imidazole rings is 1. The number of aryl methyl sites for hydroxylation is 1. The van der Waals surface area contributed by atoms with Gasteiger partial charge in [-0.05, 0) is 30.5 Å². The van der Waals surface area contributed by atoms with E-state index in [9.17, 15) is 4.79 Å². The van der Waals surface area contributed by atoms with Crippen LogP contribution in [0.4, 0.5) is 5.69 Å². The topological polar surface area (TPSA) is 46.9 Å². The summed E-state index contributed by atoms with van der Waals surface area (Å²) >= 11 is 1.62. The Hall–Kier alpha value is -2.27. The Bertz CT molecular complexity index is 841. The second-order valence-electron chi connectivity index (χ2n) is 5.20. The highest BCUT2D eigenvalue weighted by atomic mass is 32.2. The lowest BCUT2D eigenvalue weighted by Gasteiger charge is -2.11. The van der Waals surface area contributed by atoms with E-state index in [-0.39, 0.29) is 12.5 Å². The molecule has 0 spiro atoms. The SMILES string of the molecule is CCc1nc2ccccc2n1CC(=O)Nc1ccccc1SC. The van der Waals surface area contributed by atoms with E-state index in [2.05, 4.69) is 17.2 Å². The molecule has 3 rings (SSSR count). The van der Waals surface area contributed by atoms with Gasteiger partial charge in [0.1, 0.15) is 12.4 Å². The summed E-state index contributed by atoms with van der Waals surface area (Å²) in [6.07, 6.45) is 2.80. The van der Waals surface area contributed by atoms with E-state index in [0.717, 1.165) is 33.9 Å². The van der Waals surface area contributed by atoms with Gasteiger partial charge in [0.05, 0.1) is 16.7 Å². The number of thioether (sulfide) groups is 1. The number of aromatic nitrogens is 2. The first-order chi connectivity index (χ1) is 11.2. The van der Waals surface area contributed by atoms with Crippen LogP contribution in [0.25, 0.3) is 11.0 Å². The maximum Gasteiger partial charge on any atom is 0.244 e. The number of fused-ring (bicyclic) bond motifs is 1. The fourth-order valence-electron chi connectivity index (χ4n) is 2.65. The molecule has 0 fully saturated rings. The van der Waals surface area contributed by atoms with Gasteiger partial charge in [0.25, 0.3) is 0 Å². The van der Waals surface area contributed by atoms with Crippen molar-refractivity contribution in [2.24, 2.45) is 0 Å². The van der Waals surface area contributed by atoms with Crippen molar-refractivity contribution in [1.29, 1.82) is 0 Å². The third kappa shape index (κ3) is 3.24. The summed E-state index contributed by atoms with van der Waals surface area (Å²) in [5.74, 6) is 0.892. The predicted octanol–water partition coefficient (Wildman–Crippen LogP) is 3.96. The first-order valence-corrected chi connectivity index (χ1v) is 8.82. The van der Waals surface area contributed by atoms with E-state index in [0.29, 0.717) is 0 Å². The van der Waals surface area contributed by atoms with Gasteiger partial charge in [0.15, 0.2) is 0 Å². The number of nitrogens with one attached hydrogen (secondary N) is 1. The van der Waals surface area contributed by atoms with Gasteiger partial charge in [0, 0.05) is 11.3 Å². The lowest BCUT2D eigenvalue weighted by Crippen LogP contribution is -2.20. The average Bonchev–Trinajstić information content (AvgIpc) is 2.93. The van der Waals surface area contributed by atoms with Crippen molar-refractivity contribution >= 4 is 34.4 Å². The van der Waals surface area contributed by atoms with Crippen molar-refractivity contribution in [3.63, 3.8) is 0 Å². The molecule has 4 nitrogen and oxygen atoms in total. The molecule has 1 heterocycles. The van der Waals surface area contributed by atoms with Gasteiger partial charge < -0.3 is 9.88 Å². The highest BCUT2D eigenvalue weighted by Gasteiger charge is 2.13. The van der Waals surface area contributed by atoms with Crippen LogP contribution in [0.1, 0.15) is 12.7 Å². The smallest absolute Gasteiger partial charge is 0.244 e. The first kappa shape index (κ1) is 15.6. The van der Waals surface area contributed by atoms with Gasteiger partial charge in [0.2, 0.25) is 5.91 Å². The molecule has 2 aromatic carbocycles. The Balaban J connectivity index is 1.86. The molecule has 1 aromatic heterocycles. The molecule has 0 aliphatic carbocycles. The summed E-state index contributed by atoms with van der Waals surface area (Å²) in [5, 5.41) is 3.01.